The van der Waals surface area contributed by atoms with Crippen LogP contribution in [0.1, 0.15) is 95.8 Å². The van der Waals surface area contributed by atoms with Crippen molar-refractivity contribution in [1.82, 2.24) is 46.5 Å². The van der Waals surface area contributed by atoms with Gasteiger partial charge in [0.2, 0.25) is 0 Å². The third kappa shape index (κ3) is 12.8. The molecule has 270 valence electrons. The maximum atomic E-state index is 13.3. The van der Waals surface area contributed by atoms with Crippen LogP contribution in [-0.2, 0) is 14.4 Å². The van der Waals surface area contributed by atoms with Gasteiger partial charge in [0.1, 0.15) is 17.4 Å². The van der Waals surface area contributed by atoms with Gasteiger partial charge in [-0.15, -0.1) is 0 Å². The van der Waals surface area contributed by atoms with Crippen molar-refractivity contribution in [3.8, 4) is 0 Å². The Balaban J connectivity index is 2.09. The lowest BCUT2D eigenvalue weighted by molar-refractivity contribution is -0.145. The highest BCUT2D eigenvalue weighted by molar-refractivity contribution is 6.07. The van der Waals surface area contributed by atoms with Gasteiger partial charge in [0.15, 0.2) is 17.2 Å². The number of ketones is 1. The Morgan fingerprint density at radius 1 is 0.735 bits per heavy atom. The van der Waals surface area contributed by atoms with Crippen molar-refractivity contribution in [3.05, 3.63) is 35.4 Å². The molecule has 19 heteroatoms. The maximum Gasteiger partial charge on any atom is 0.326 e. The van der Waals surface area contributed by atoms with Gasteiger partial charge in [0, 0.05) is 25.2 Å². The molecule has 0 saturated heterocycles. The Kier molecular flexibility index (Phi) is 15.5. The zero-order valence-electron chi connectivity index (χ0n) is 28.1. The normalized spacial score (nSPS) is 13.6. The smallest absolute Gasteiger partial charge is 0.326 e. The van der Waals surface area contributed by atoms with Crippen LogP contribution in [0.25, 0.3) is 0 Å². The summed E-state index contributed by atoms with van der Waals surface area (Å²) in [5, 5.41) is 31.3. The molecular weight excluding hydrogens is 644 g/mol. The number of aromatic nitrogens is 4. The van der Waals surface area contributed by atoms with Crippen molar-refractivity contribution in [2.24, 2.45) is 17.6 Å². The van der Waals surface area contributed by atoms with Crippen molar-refractivity contribution in [3.63, 3.8) is 0 Å². The van der Waals surface area contributed by atoms with E-state index in [9.17, 15) is 38.7 Å². The highest BCUT2D eigenvalue weighted by Crippen LogP contribution is 2.11. The summed E-state index contributed by atoms with van der Waals surface area (Å²) in [7, 11) is 0. The number of hydrogen-bond acceptors (Lipinski definition) is 11. The maximum absolute atomic E-state index is 13.3. The molecule has 0 bridgehead atoms. The number of rotatable bonds is 21. The summed E-state index contributed by atoms with van der Waals surface area (Å²) in [6, 6.07) is -3.56. The number of hydrogen-bond donors (Lipinski definition) is 10. The molecule has 4 atom stereocenters. The standard InChI is InChI=1S/C30H46N10O9/c1-14(2)6-17(38-27(45)23-25(36-13-34-23)29(47)40-19(30(48)49)8-21(42)43)10-32-11-20(41)18(7-15(3)4)39-28(46)24-22(33-12-35-24)26(44)37-16(5)9-31/h12-19,32H,6-11,31H2,1-5H3,(H,33,35)(H,34,36)(H,37,44)(H,38,45)(H,39,46)(H,40,47)(H,42,43)(H,48,49)/t16-,17-,18-,19-/m0/s1. The first-order valence-electron chi connectivity index (χ1n) is 15.7. The first-order chi connectivity index (χ1) is 23.0. The highest BCUT2D eigenvalue weighted by Gasteiger charge is 2.29. The van der Waals surface area contributed by atoms with Gasteiger partial charge in [-0.05, 0) is 31.6 Å². The minimum atomic E-state index is -1.74. The molecule has 0 aliphatic heterocycles. The Labute approximate surface area is 282 Å². The summed E-state index contributed by atoms with van der Waals surface area (Å²) in [5.41, 5.74) is 4.61. The molecule has 0 saturated carbocycles. The lowest BCUT2D eigenvalue weighted by Gasteiger charge is -2.23. The summed E-state index contributed by atoms with van der Waals surface area (Å²) < 4.78 is 0. The molecule has 0 aliphatic rings. The Hall–Kier alpha value is -5.17. The number of aromatic amines is 2. The minimum Gasteiger partial charge on any atom is -0.481 e. The molecule has 0 radical (unpaired) electrons. The topological polar surface area (TPSA) is 303 Å². The van der Waals surface area contributed by atoms with E-state index in [0.717, 1.165) is 6.33 Å². The van der Waals surface area contributed by atoms with Gasteiger partial charge in [-0.3, -0.25) is 28.8 Å². The van der Waals surface area contributed by atoms with Crippen LogP contribution in [0.3, 0.4) is 0 Å². The van der Waals surface area contributed by atoms with Crippen molar-refractivity contribution in [2.75, 3.05) is 19.6 Å². The summed E-state index contributed by atoms with van der Waals surface area (Å²) in [4.78, 5) is 100. The van der Waals surface area contributed by atoms with Crippen LogP contribution in [0.2, 0.25) is 0 Å². The van der Waals surface area contributed by atoms with Crippen LogP contribution in [0.5, 0.6) is 0 Å². The SMILES string of the molecule is CC(C)C[C@@H](CNCC(=O)[C@H](CC(C)C)NC(=O)c1[nH]cnc1C(=O)N[C@@H](C)CN)NC(=O)c1nc[nH]c1C(=O)N[C@@H](CC(=O)O)C(=O)O. The fraction of sp³-hybridized carbons (Fsp3) is 0.567. The lowest BCUT2D eigenvalue weighted by atomic mass is 9.99. The number of amides is 4. The fourth-order valence-electron chi connectivity index (χ4n) is 4.72. The molecule has 11 N–H and O–H groups in total. The Morgan fingerprint density at radius 2 is 1.24 bits per heavy atom. The fourth-order valence-corrected chi connectivity index (χ4v) is 4.72. The van der Waals surface area contributed by atoms with E-state index in [0.29, 0.717) is 12.8 Å². The number of nitrogens with two attached hydrogens (primary N) is 1. The molecule has 2 rings (SSSR count). The number of aliphatic carboxylic acids is 2. The third-order valence-corrected chi connectivity index (χ3v) is 7.06. The molecule has 0 fully saturated rings. The number of carboxylic acids is 2. The summed E-state index contributed by atoms with van der Waals surface area (Å²) in [6.07, 6.45) is 2.14. The highest BCUT2D eigenvalue weighted by atomic mass is 16.4. The number of Topliss-reactive ketones (excluding diaryl/α,β-unsaturated/α-hetero) is 1. The molecule has 4 amide bonds. The summed E-state index contributed by atoms with van der Waals surface area (Å²) in [5.74, 6) is -6.33. The van der Waals surface area contributed by atoms with Crippen molar-refractivity contribution in [2.45, 2.75) is 78.0 Å². The number of imidazole rings is 2. The molecule has 0 aliphatic carbocycles. The second kappa shape index (κ2) is 19.0. The van der Waals surface area contributed by atoms with Gasteiger partial charge in [0.25, 0.3) is 23.6 Å². The number of H-pyrrole nitrogens is 2. The summed E-state index contributed by atoms with van der Waals surface area (Å²) in [6.45, 7) is 9.43. The van der Waals surface area contributed by atoms with Gasteiger partial charge >= 0.3 is 11.9 Å². The van der Waals surface area contributed by atoms with Crippen LogP contribution in [0.4, 0.5) is 0 Å². The predicted octanol–water partition coefficient (Wildman–Crippen LogP) is -0.985. The van der Waals surface area contributed by atoms with E-state index < -0.39 is 60.1 Å². The number of carbonyl (C=O) groups is 7. The van der Waals surface area contributed by atoms with E-state index in [1.807, 2.05) is 27.7 Å². The molecule has 49 heavy (non-hydrogen) atoms. The Bertz CT molecular complexity index is 1490. The number of nitrogens with zero attached hydrogens (tertiary/aromatic N) is 2. The van der Waals surface area contributed by atoms with Crippen LogP contribution in [0.15, 0.2) is 12.7 Å². The first-order valence-corrected chi connectivity index (χ1v) is 15.7. The van der Waals surface area contributed by atoms with Gasteiger partial charge in [-0.2, -0.15) is 0 Å². The van der Waals surface area contributed by atoms with E-state index in [-0.39, 0.29) is 66.1 Å². The number of carboxylic acid groups (broad SMARTS) is 2. The van der Waals surface area contributed by atoms with Crippen LogP contribution < -0.4 is 32.3 Å². The second-order valence-electron chi connectivity index (χ2n) is 12.4. The molecular formula is C30H46N10O9. The predicted molar refractivity (Wildman–Crippen MR) is 174 cm³/mol. The second-order valence-corrected chi connectivity index (χ2v) is 12.4. The minimum absolute atomic E-state index is 0.0207. The van der Waals surface area contributed by atoms with Crippen LogP contribution in [0, 0.1) is 11.8 Å². The zero-order chi connectivity index (χ0) is 36.8. The molecule has 19 nitrogen and oxygen atoms in total. The van der Waals surface area contributed by atoms with Crippen molar-refractivity contribution >= 4 is 41.4 Å². The average molecular weight is 691 g/mol. The molecule has 0 aromatic carbocycles. The van der Waals surface area contributed by atoms with E-state index >= 15 is 0 Å². The molecule has 2 aromatic rings. The summed E-state index contributed by atoms with van der Waals surface area (Å²) >= 11 is 0. The first kappa shape index (κ1) is 40.0. The molecule has 2 aromatic heterocycles. The molecule has 0 unspecified atom stereocenters. The van der Waals surface area contributed by atoms with Gasteiger partial charge < -0.3 is 52.5 Å². The molecule has 0 spiro atoms. The van der Waals surface area contributed by atoms with E-state index in [2.05, 4.69) is 46.5 Å². The van der Waals surface area contributed by atoms with Crippen LogP contribution in [-0.4, -0.2) is 115 Å². The Morgan fingerprint density at radius 3 is 1.71 bits per heavy atom. The average Bonchev–Trinajstić information content (AvgIpc) is 3.70. The number of carbonyl (C=O) groups excluding carboxylic acids is 5. The van der Waals surface area contributed by atoms with Gasteiger partial charge in [-0.1, -0.05) is 27.7 Å². The quantitative estimate of drug-likeness (QED) is 0.0754. The van der Waals surface area contributed by atoms with Gasteiger partial charge in [-0.25, -0.2) is 14.8 Å². The van der Waals surface area contributed by atoms with Crippen LogP contribution >= 0.6 is 0 Å². The number of nitrogens with one attached hydrogen (secondary N) is 7. The van der Waals surface area contributed by atoms with Crippen molar-refractivity contribution in [1.29, 1.82) is 0 Å². The van der Waals surface area contributed by atoms with Gasteiger partial charge in [0.05, 0.1) is 31.7 Å². The lowest BCUT2D eigenvalue weighted by Crippen LogP contribution is -2.49. The largest absolute Gasteiger partial charge is 0.481 e. The van der Waals surface area contributed by atoms with Crippen molar-refractivity contribution < 1.29 is 43.8 Å². The zero-order valence-corrected chi connectivity index (χ0v) is 28.1. The molecule has 2 heterocycles. The van der Waals surface area contributed by atoms with E-state index in [1.165, 1.54) is 6.33 Å². The van der Waals surface area contributed by atoms with E-state index in [4.69, 9.17) is 10.8 Å². The monoisotopic (exact) mass is 690 g/mol. The van der Waals surface area contributed by atoms with E-state index in [1.54, 1.807) is 6.92 Å². The third-order valence-electron chi connectivity index (χ3n) is 7.06.